The normalized spacial score (nSPS) is 18.5. The van der Waals surface area contributed by atoms with Gasteiger partial charge in [-0.2, -0.15) is 5.10 Å². The van der Waals surface area contributed by atoms with Crippen molar-refractivity contribution in [3.63, 3.8) is 0 Å². The van der Waals surface area contributed by atoms with Gasteiger partial charge in [-0.3, -0.25) is 9.58 Å². The van der Waals surface area contributed by atoms with E-state index in [4.69, 9.17) is 4.42 Å². The number of nitrogens with zero attached hydrogens (tertiary/aromatic N) is 6. The quantitative estimate of drug-likeness (QED) is 0.686. The van der Waals surface area contributed by atoms with E-state index < -0.39 is 0 Å². The Balaban J connectivity index is 1.32. The average Bonchev–Trinajstić information content (AvgIpc) is 3.29. The van der Waals surface area contributed by atoms with Gasteiger partial charge in [0.25, 0.3) is 0 Å². The molecule has 1 aromatic carbocycles. The lowest BCUT2D eigenvalue weighted by atomic mass is 9.98. The zero-order valence-corrected chi connectivity index (χ0v) is 14.2. The summed E-state index contributed by atoms with van der Waals surface area (Å²) in [5.41, 5.74) is 1.18. The predicted octanol–water partition coefficient (Wildman–Crippen LogP) is 2.16. The highest BCUT2D eigenvalue weighted by atomic mass is 16.4. The minimum absolute atomic E-state index is 0.585. The number of benzene rings is 1. The Kier molecular flexibility index (Phi) is 4.83. The second-order valence-corrected chi connectivity index (χ2v) is 6.61. The molecule has 2 aromatic heterocycles. The molecule has 130 valence electrons. The Morgan fingerprint density at radius 3 is 2.84 bits per heavy atom. The van der Waals surface area contributed by atoms with Gasteiger partial charge in [-0.25, -0.2) is 4.98 Å². The van der Waals surface area contributed by atoms with Crippen LogP contribution in [-0.4, -0.2) is 43.0 Å². The summed E-state index contributed by atoms with van der Waals surface area (Å²) in [6, 6.07) is 10.2. The molecular formula is C18H22N6O. The number of piperidine rings is 1. The molecular weight excluding hydrogens is 316 g/mol. The van der Waals surface area contributed by atoms with E-state index in [2.05, 4.69) is 37.3 Å². The Morgan fingerprint density at radius 2 is 2.00 bits per heavy atom. The van der Waals surface area contributed by atoms with Crippen molar-refractivity contribution in [2.75, 3.05) is 13.1 Å². The predicted molar refractivity (Wildman–Crippen MR) is 91.6 cm³/mol. The van der Waals surface area contributed by atoms with Crippen LogP contribution < -0.4 is 0 Å². The summed E-state index contributed by atoms with van der Waals surface area (Å²) >= 11 is 0. The standard InChI is InChI=1S/C18H22N6O/c1-2-5-15(6-3-1)9-17-21-22-18(25-17)12-23-8-4-7-16(10-23)11-24-14-19-13-20-24/h1-3,5-6,13-14,16H,4,7-12H2. The summed E-state index contributed by atoms with van der Waals surface area (Å²) in [5, 5.41) is 12.6. The Hall–Kier alpha value is -2.54. The highest BCUT2D eigenvalue weighted by molar-refractivity contribution is 5.17. The number of hydrogen-bond donors (Lipinski definition) is 0. The van der Waals surface area contributed by atoms with Gasteiger partial charge in [0.15, 0.2) is 0 Å². The monoisotopic (exact) mass is 338 g/mol. The molecule has 25 heavy (non-hydrogen) atoms. The molecule has 0 N–H and O–H groups in total. The van der Waals surface area contributed by atoms with Crippen LogP contribution in [0.25, 0.3) is 0 Å². The van der Waals surface area contributed by atoms with E-state index in [0.717, 1.165) is 26.2 Å². The van der Waals surface area contributed by atoms with Crippen molar-refractivity contribution in [2.24, 2.45) is 5.92 Å². The van der Waals surface area contributed by atoms with Crippen LogP contribution in [0.2, 0.25) is 0 Å². The van der Waals surface area contributed by atoms with Gasteiger partial charge in [-0.15, -0.1) is 10.2 Å². The smallest absolute Gasteiger partial charge is 0.230 e. The van der Waals surface area contributed by atoms with E-state index >= 15 is 0 Å². The molecule has 3 heterocycles. The van der Waals surface area contributed by atoms with E-state index in [1.807, 2.05) is 22.9 Å². The number of rotatable bonds is 6. The number of aromatic nitrogens is 5. The summed E-state index contributed by atoms with van der Waals surface area (Å²) in [6.07, 6.45) is 6.46. The Bertz CT molecular complexity index is 770. The van der Waals surface area contributed by atoms with Crippen LogP contribution in [0, 0.1) is 5.92 Å². The van der Waals surface area contributed by atoms with Crippen LogP contribution in [0.1, 0.15) is 30.2 Å². The van der Waals surface area contributed by atoms with Gasteiger partial charge in [0, 0.05) is 13.1 Å². The summed E-state index contributed by atoms with van der Waals surface area (Å²) in [4.78, 5) is 6.41. The number of hydrogen-bond acceptors (Lipinski definition) is 6. The minimum Gasteiger partial charge on any atom is -0.424 e. The van der Waals surface area contributed by atoms with Gasteiger partial charge in [0.2, 0.25) is 11.8 Å². The molecule has 0 saturated carbocycles. The zero-order valence-electron chi connectivity index (χ0n) is 14.2. The van der Waals surface area contributed by atoms with Crippen LogP contribution in [-0.2, 0) is 19.5 Å². The molecule has 7 heteroatoms. The molecule has 1 atom stereocenters. The van der Waals surface area contributed by atoms with Gasteiger partial charge < -0.3 is 4.42 Å². The van der Waals surface area contributed by atoms with E-state index in [0.29, 0.717) is 24.1 Å². The molecule has 0 bridgehead atoms. The van der Waals surface area contributed by atoms with Crippen molar-refractivity contribution in [2.45, 2.75) is 32.4 Å². The molecule has 1 aliphatic rings. The lowest BCUT2D eigenvalue weighted by molar-refractivity contribution is 0.141. The maximum Gasteiger partial charge on any atom is 0.230 e. The van der Waals surface area contributed by atoms with Crippen molar-refractivity contribution in [1.82, 2.24) is 29.9 Å². The van der Waals surface area contributed by atoms with Crippen LogP contribution in [0.5, 0.6) is 0 Å². The van der Waals surface area contributed by atoms with Gasteiger partial charge in [-0.1, -0.05) is 30.3 Å². The largest absolute Gasteiger partial charge is 0.424 e. The second-order valence-electron chi connectivity index (χ2n) is 6.61. The van der Waals surface area contributed by atoms with Crippen molar-refractivity contribution < 1.29 is 4.42 Å². The molecule has 0 aliphatic carbocycles. The fourth-order valence-corrected chi connectivity index (χ4v) is 3.42. The Labute approximate surface area is 146 Å². The first-order valence-corrected chi connectivity index (χ1v) is 8.75. The first-order valence-electron chi connectivity index (χ1n) is 8.75. The van der Waals surface area contributed by atoms with Crippen molar-refractivity contribution in [3.05, 3.63) is 60.3 Å². The van der Waals surface area contributed by atoms with Crippen molar-refractivity contribution >= 4 is 0 Å². The third kappa shape index (κ3) is 4.30. The molecule has 0 amide bonds. The lowest BCUT2D eigenvalue weighted by Gasteiger charge is -2.31. The maximum absolute atomic E-state index is 5.84. The molecule has 0 radical (unpaired) electrons. The first kappa shape index (κ1) is 16.0. The summed E-state index contributed by atoms with van der Waals surface area (Å²) in [7, 11) is 0. The highest BCUT2D eigenvalue weighted by Gasteiger charge is 2.22. The van der Waals surface area contributed by atoms with Crippen LogP contribution in [0.4, 0.5) is 0 Å². The first-order chi connectivity index (χ1) is 12.3. The highest BCUT2D eigenvalue weighted by Crippen LogP contribution is 2.20. The van der Waals surface area contributed by atoms with Crippen LogP contribution in [0.3, 0.4) is 0 Å². The van der Waals surface area contributed by atoms with E-state index in [9.17, 15) is 0 Å². The van der Waals surface area contributed by atoms with Gasteiger partial charge in [0.1, 0.15) is 12.7 Å². The molecule has 3 aromatic rings. The van der Waals surface area contributed by atoms with E-state index in [1.54, 1.807) is 12.7 Å². The maximum atomic E-state index is 5.84. The van der Waals surface area contributed by atoms with E-state index in [-0.39, 0.29) is 0 Å². The second kappa shape index (κ2) is 7.57. The molecule has 1 saturated heterocycles. The molecule has 1 aliphatic heterocycles. The minimum atomic E-state index is 0.585. The summed E-state index contributed by atoms with van der Waals surface area (Å²) in [5.74, 6) is 1.96. The third-order valence-corrected chi connectivity index (χ3v) is 4.58. The number of likely N-dealkylation sites (tertiary alicyclic amines) is 1. The summed E-state index contributed by atoms with van der Waals surface area (Å²) < 4.78 is 7.76. The fraction of sp³-hybridized carbons (Fsp3) is 0.444. The van der Waals surface area contributed by atoms with Crippen molar-refractivity contribution in [3.8, 4) is 0 Å². The molecule has 1 fully saturated rings. The molecule has 1 unspecified atom stereocenters. The van der Waals surface area contributed by atoms with Gasteiger partial charge in [-0.05, 0) is 30.9 Å². The topological polar surface area (TPSA) is 72.9 Å². The molecule has 7 nitrogen and oxygen atoms in total. The fourth-order valence-electron chi connectivity index (χ4n) is 3.42. The third-order valence-electron chi connectivity index (χ3n) is 4.58. The lowest BCUT2D eigenvalue weighted by Crippen LogP contribution is -2.36. The van der Waals surface area contributed by atoms with Crippen molar-refractivity contribution in [1.29, 1.82) is 0 Å². The van der Waals surface area contributed by atoms with Crippen LogP contribution >= 0.6 is 0 Å². The van der Waals surface area contributed by atoms with Gasteiger partial charge in [0.05, 0.1) is 13.0 Å². The zero-order chi connectivity index (χ0) is 16.9. The SMILES string of the molecule is c1ccc(Cc2nnc(CN3CCCC(Cn4cncn4)C3)o2)cc1. The van der Waals surface area contributed by atoms with Gasteiger partial charge >= 0.3 is 0 Å². The molecule has 0 spiro atoms. The van der Waals surface area contributed by atoms with E-state index in [1.165, 1.54) is 18.4 Å². The summed E-state index contributed by atoms with van der Waals surface area (Å²) in [6.45, 7) is 3.73. The Morgan fingerprint density at radius 1 is 1.12 bits per heavy atom. The molecule has 4 rings (SSSR count). The van der Waals surface area contributed by atoms with Crippen LogP contribution in [0.15, 0.2) is 47.4 Å². The average molecular weight is 338 g/mol.